The molecule has 0 amide bonds. The van der Waals surface area contributed by atoms with Crippen LogP contribution in [0.25, 0.3) is 0 Å². The van der Waals surface area contributed by atoms with E-state index in [1.807, 2.05) is 0 Å². The van der Waals surface area contributed by atoms with Crippen molar-refractivity contribution in [3.63, 3.8) is 0 Å². The normalized spacial score (nSPS) is 16.8. The van der Waals surface area contributed by atoms with Gasteiger partial charge in [-0.25, -0.2) is 0 Å². The molecular formula is C15H24N2. The van der Waals surface area contributed by atoms with Gasteiger partial charge in [0.25, 0.3) is 0 Å². The Hall–Kier alpha value is -1.02. The summed E-state index contributed by atoms with van der Waals surface area (Å²) in [7, 11) is 0. The van der Waals surface area contributed by atoms with Crippen LogP contribution in [-0.2, 0) is 12.8 Å². The van der Waals surface area contributed by atoms with Gasteiger partial charge in [-0.1, -0.05) is 19.1 Å². The predicted octanol–water partition coefficient (Wildman–Crippen LogP) is 2.74. The second kappa shape index (κ2) is 5.54. The molecule has 2 N–H and O–H groups in total. The second-order valence-electron chi connectivity index (χ2n) is 5.24. The molecule has 1 aromatic rings. The van der Waals surface area contributed by atoms with Crippen LogP contribution in [0.15, 0.2) is 18.2 Å². The summed E-state index contributed by atoms with van der Waals surface area (Å²) in [6.45, 7) is 6.72. The Morgan fingerprint density at radius 1 is 1.41 bits per heavy atom. The molecule has 0 radical (unpaired) electrons. The van der Waals surface area contributed by atoms with Crippen molar-refractivity contribution < 1.29 is 0 Å². The number of hydrogen-bond acceptors (Lipinski definition) is 2. The van der Waals surface area contributed by atoms with Gasteiger partial charge in [-0.2, -0.15) is 0 Å². The first kappa shape index (κ1) is 12.4. The Morgan fingerprint density at radius 2 is 2.24 bits per heavy atom. The topological polar surface area (TPSA) is 29.3 Å². The van der Waals surface area contributed by atoms with E-state index in [0.717, 1.165) is 6.42 Å². The third kappa shape index (κ3) is 3.01. The van der Waals surface area contributed by atoms with Gasteiger partial charge in [0.05, 0.1) is 0 Å². The van der Waals surface area contributed by atoms with Crippen LogP contribution in [0.2, 0.25) is 0 Å². The molecule has 2 heteroatoms. The first-order valence-electron chi connectivity index (χ1n) is 6.83. The molecular weight excluding hydrogens is 208 g/mol. The number of fused-ring (bicyclic) bond motifs is 1. The molecule has 1 heterocycles. The highest BCUT2D eigenvalue weighted by Crippen LogP contribution is 2.28. The fourth-order valence-corrected chi connectivity index (χ4v) is 2.73. The summed E-state index contributed by atoms with van der Waals surface area (Å²) in [6.07, 6.45) is 4.72. The molecule has 94 valence electrons. The summed E-state index contributed by atoms with van der Waals surface area (Å²) in [6, 6.07) is 7.15. The van der Waals surface area contributed by atoms with Crippen molar-refractivity contribution in [2.75, 3.05) is 18.0 Å². The Morgan fingerprint density at radius 3 is 2.94 bits per heavy atom. The lowest BCUT2D eigenvalue weighted by molar-refractivity contribution is 0.678. The maximum Gasteiger partial charge on any atom is 0.0398 e. The lowest BCUT2D eigenvalue weighted by Gasteiger charge is -2.31. The zero-order chi connectivity index (χ0) is 12.3. The average Bonchev–Trinajstić information content (AvgIpc) is 2.28. The first-order valence-corrected chi connectivity index (χ1v) is 6.83. The maximum atomic E-state index is 5.87. The molecule has 1 unspecified atom stereocenters. The number of benzene rings is 1. The van der Waals surface area contributed by atoms with E-state index >= 15 is 0 Å². The molecule has 2 rings (SSSR count). The van der Waals surface area contributed by atoms with Crippen LogP contribution in [-0.4, -0.2) is 19.1 Å². The van der Waals surface area contributed by atoms with Gasteiger partial charge < -0.3 is 10.6 Å². The SMILES string of the molecule is CCCN1CCCc2cc(CC(C)N)ccc21. The van der Waals surface area contributed by atoms with E-state index in [4.69, 9.17) is 5.73 Å². The summed E-state index contributed by atoms with van der Waals surface area (Å²) in [5, 5.41) is 0. The van der Waals surface area contributed by atoms with Crippen molar-refractivity contribution in [1.82, 2.24) is 0 Å². The minimum absolute atomic E-state index is 0.253. The molecule has 0 bridgehead atoms. The molecule has 0 aromatic heterocycles. The van der Waals surface area contributed by atoms with E-state index < -0.39 is 0 Å². The molecule has 1 aliphatic rings. The molecule has 1 aliphatic heterocycles. The van der Waals surface area contributed by atoms with Gasteiger partial charge in [-0.15, -0.1) is 0 Å². The number of hydrogen-bond donors (Lipinski definition) is 1. The highest BCUT2D eigenvalue weighted by Gasteiger charge is 2.16. The Bertz CT molecular complexity index is 371. The number of nitrogens with zero attached hydrogens (tertiary/aromatic N) is 1. The Kier molecular flexibility index (Phi) is 4.06. The van der Waals surface area contributed by atoms with Crippen molar-refractivity contribution >= 4 is 5.69 Å². The number of anilines is 1. The summed E-state index contributed by atoms with van der Waals surface area (Å²) in [4.78, 5) is 2.52. The summed E-state index contributed by atoms with van der Waals surface area (Å²) < 4.78 is 0. The van der Waals surface area contributed by atoms with Crippen LogP contribution >= 0.6 is 0 Å². The standard InChI is InChI=1S/C15H24N2/c1-3-8-17-9-4-5-14-11-13(10-12(2)16)6-7-15(14)17/h6-7,11-12H,3-5,8-10,16H2,1-2H3. The van der Waals surface area contributed by atoms with E-state index in [1.165, 1.54) is 49.2 Å². The van der Waals surface area contributed by atoms with Gasteiger partial charge >= 0.3 is 0 Å². The monoisotopic (exact) mass is 232 g/mol. The van der Waals surface area contributed by atoms with Crippen LogP contribution in [0, 0.1) is 0 Å². The van der Waals surface area contributed by atoms with E-state index in [1.54, 1.807) is 0 Å². The highest BCUT2D eigenvalue weighted by molar-refractivity contribution is 5.56. The maximum absolute atomic E-state index is 5.87. The molecule has 0 saturated carbocycles. The number of rotatable bonds is 4. The van der Waals surface area contributed by atoms with E-state index in [0.29, 0.717) is 0 Å². The average molecular weight is 232 g/mol. The van der Waals surface area contributed by atoms with Crippen LogP contribution in [0.4, 0.5) is 5.69 Å². The largest absolute Gasteiger partial charge is 0.371 e. The van der Waals surface area contributed by atoms with Crippen molar-refractivity contribution in [2.24, 2.45) is 5.73 Å². The van der Waals surface area contributed by atoms with Crippen molar-refractivity contribution in [3.05, 3.63) is 29.3 Å². The molecule has 0 spiro atoms. The van der Waals surface area contributed by atoms with Crippen molar-refractivity contribution in [2.45, 2.75) is 45.6 Å². The molecule has 0 aliphatic carbocycles. The van der Waals surface area contributed by atoms with Gasteiger partial charge in [0.1, 0.15) is 0 Å². The third-order valence-corrected chi connectivity index (χ3v) is 3.41. The molecule has 0 saturated heterocycles. The number of nitrogens with two attached hydrogens (primary N) is 1. The fraction of sp³-hybridized carbons (Fsp3) is 0.600. The third-order valence-electron chi connectivity index (χ3n) is 3.41. The van der Waals surface area contributed by atoms with E-state index in [9.17, 15) is 0 Å². The minimum Gasteiger partial charge on any atom is -0.371 e. The van der Waals surface area contributed by atoms with Gasteiger partial charge in [0.15, 0.2) is 0 Å². The summed E-state index contributed by atoms with van der Waals surface area (Å²) in [5.74, 6) is 0. The summed E-state index contributed by atoms with van der Waals surface area (Å²) in [5.41, 5.74) is 10.2. The van der Waals surface area contributed by atoms with Crippen molar-refractivity contribution in [1.29, 1.82) is 0 Å². The molecule has 1 atom stereocenters. The molecule has 2 nitrogen and oxygen atoms in total. The number of aryl methyl sites for hydroxylation is 1. The first-order chi connectivity index (χ1) is 8.20. The minimum atomic E-state index is 0.253. The quantitative estimate of drug-likeness (QED) is 0.865. The zero-order valence-corrected chi connectivity index (χ0v) is 11.1. The summed E-state index contributed by atoms with van der Waals surface area (Å²) >= 11 is 0. The van der Waals surface area contributed by atoms with Gasteiger partial charge in [0, 0.05) is 24.8 Å². The van der Waals surface area contributed by atoms with Crippen LogP contribution < -0.4 is 10.6 Å². The van der Waals surface area contributed by atoms with Gasteiger partial charge in [-0.3, -0.25) is 0 Å². The van der Waals surface area contributed by atoms with Crippen LogP contribution in [0.1, 0.15) is 37.8 Å². The van der Waals surface area contributed by atoms with Crippen LogP contribution in [0.3, 0.4) is 0 Å². The Labute approximate surface area is 105 Å². The molecule has 0 fully saturated rings. The lowest BCUT2D eigenvalue weighted by atomic mass is 9.97. The second-order valence-corrected chi connectivity index (χ2v) is 5.24. The Balaban J connectivity index is 2.20. The fourth-order valence-electron chi connectivity index (χ4n) is 2.73. The van der Waals surface area contributed by atoms with E-state index in [-0.39, 0.29) is 6.04 Å². The van der Waals surface area contributed by atoms with Gasteiger partial charge in [-0.05, 0) is 49.8 Å². The lowest BCUT2D eigenvalue weighted by Crippen LogP contribution is -2.30. The molecule has 17 heavy (non-hydrogen) atoms. The van der Waals surface area contributed by atoms with Gasteiger partial charge in [0.2, 0.25) is 0 Å². The smallest absolute Gasteiger partial charge is 0.0398 e. The van der Waals surface area contributed by atoms with E-state index in [2.05, 4.69) is 36.9 Å². The zero-order valence-electron chi connectivity index (χ0n) is 11.1. The predicted molar refractivity (Wildman–Crippen MR) is 74.6 cm³/mol. The highest BCUT2D eigenvalue weighted by atomic mass is 15.1. The van der Waals surface area contributed by atoms with Crippen molar-refractivity contribution in [3.8, 4) is 0 Å². The van der Waals surface area contributed by atoms with Crippen LogP contribution in [0.5, 0.6) is 0 Å². The molecule has 1 aromatic carbocycles.